The molecule has 5 heteroatoms. The highest BCUT2D eigenvalue weighted by atomic mass is 16.2. The number of nitrogens with zero attached hydrogens (tertiary/aromatic N) is 1. The molecule has 1 rings (SSSR count). The van der Waals surface area contributed by atoms with Crippen LogP contribution in [0.3, 0.4) is 0 Å². The standard InChI is InChI=1S/C14H21N3O2/c1-10(2)8-17(9-13(16)18)14(19)12-5-3-11(7-15)4-6-12/h3-6,10H,7-9,15H2,1-2H3,(H2,16,18). The summed E-state index contributed by atoms with van der Waals surface area (Å²) in [6, 6.07) is 7.06. The van der Waals surface area contributed by atoms with Gasteiger partial charge in [-0.05, 0) is 23.6 Å². The van der Waals surface area contributed by atoms with Gasteiger partial charge in [0.25, 0.3) is 5.91 Å². The molecule has 19 heavy (non-hydrogen) atoms. The Morgan fingerprint density at radius 3 is 2.21 bits per heavy atom. The smallest absolute Gasteiger partial charge is 0.254 e. The van der Waals surface area contributed by atoms with Gasteiger partial charge in [0.1, 0.15) is 0 Å². The fourth-order valence-electron chi connectivity index (χ4n) is 1.81. The van der Waals surface area contributed by atoms with Crippen LogP contribution in [0.5, 0.6) is 0 Å². The van der Waals surface area contributed by atoms with Gasteiger partial charge in [0.2, 0.25) is 5.91 Å². The van der Waals surface area contributed by atoms with Gasteiger partial charge in [-0.2, -0.15) is 0 Å². The third-order valence-electron chi connectivity index (χ3n) is 2.66. The van der Waals surface area contributed by atoms with E-state index in [1.165, 1.54) is 4.90 Å². The van der Waals surface area contributed by atoms with Gasteiger partial charge in [-0.15, -0.1) is 0 Å². The molecule has 0 fully saturated rings. The molecule has 1 aromatic carbocycles. The first-order valence-electron chi connectivity index (χ1n) is 6.30. The maximum Gasteiger partial charge on any atom is 0.254 e. The maximum atomic E-state index is 12.3. The predicted molar refractivity (Wildman–Crippen MR) is 74.3 cm³/mol. The minimum atomic E-state index is -0.507. The van der Waals surface area contributed by atoms with Gasteiger partial charge in [0.05, 0.1) is 6.54 Å². The van der Waals surface area contributed by atoms with Crippen molar-refractivity contribution in [1.29, 1.82) is 0 Å². The summed E-state index contributed by atoms with van der Waals surface area (Å²) in [6.45, 7) is 4.85. The lowest BCUT2D eigenvalue weighted by Crippen LogP contribution is -2.40. The van der Waals surface area contributed by atoms with E-state index in [0.29, 0.717) is 18.7 Å². The molecule has 0 heterocycles. The van der Waals surface area contributed by atoms with Gasteiger partial charge in [-0.3, -0.25) is 9.59 Å². The Morgan fingerprint density at radius 1 is 1.21 bits per heavy atom. The maximum absolute atomic E-state index is 12.3. The second-order valence-electron chi connectivity index (χ2n) is 4.95. The fourth-order valence-corrected chi connectivity index (χ4v) is 1.81. The highest BCUT2D eigenvalue weighted by Crippen LogP contribution is 2.09. The first-order chi connectivity index (χ1) is 8.93. The Kier molecular flexibility index (Phi) is 5.51. The average Bonchev–Trinajstić information content (AvgIpc) is 2.36. The van der Waals surface area contributed by atoms with E-state index in [9.17, 15) is 9.59 Å². The quantitative estimate of drug-likeness (QED) is 0.792. The normalized spacial score (nSPS) is 10.5. The molecule has 0 radical (unpaired) electrons. The van der Waals surface area contributed by atoms with E-state index >= 15 is 0 Å². The third-order valence-corrected chi connectivity index (χ3v) is 2.66. The SMILES string of the molecule is CC(C)CN(CC(N)=O)C(=O)c1ccc(CN)cc1. The number of rotatable bonds is 6. The Bertz CT molecular complexity index is 441. The van der Waals surface area contributed by atoms with E-state index in [-0.39, 0.29) is 18.4 Å². The van der Waals surface area contributed by atoms with Crippen molar-refractivity contribution in [3.63, 3.8) is 0 Å². The number of nitrogens with two attached hydrogens (primary N) is 2. The number of carbonyl (C=O) groups excluding carboxylic acids is 2. The van der Waals surface area contributed by atoms with Crippen molar-refractivity contribution in [2.45, 2.75) is 20.4 Å². The van der Waals surface area contributed by atoms with Crippen LogP contribution < -0.4 is 11.5 Å². The van der Waals surface area contributed by atoms with Crippen LogP contribution in [-0.2, 0) is 11.3 Å². The van der Waals surface area contributed by atoms with Crippen LogP contribution in [0, 0.1) is 5.92 Å². The Morgan fingerprint density at radius 2 is 1.79 bits per heavy atom. The van der Waals surface area contributed by atoms with Crippen LogP contribution in [0.4, 0.5) is 0 Å². The number of carbonyl (C=O) groups is 2. The Hall–Kier alpha value is -1.88. The molecule has 0 aliphatic carbocycles. The van der Waals surface area contributed by atoms with Gasteiger partial charge < -0.3 is 16.4 Å². The van der Waals surface area contributed by atoms with E-state index in [2.05, 4.69) is 0 Å². The van der Waals surface area contributed by atoms with E-state index in [1.807, 2.05) is 26.0 Å². The third kappa shape index (κ3) is 4.71. The van der Waals surface area contributed by atoms with Crippen LogP contribution in [0.1, 0.15) is 29.8 Å². The largest absolute Gasteiger partial charge is 0.368 e. The van der Waals surface area contributed by atoms with Crippen molar-refractivity contribution >= 4 is 11.8 Å². The number of benzene rings is 1. The highest BCUT2D eigenvalue weighted by Gasteiger charge is 2.18. The summed E-state index contributed by atoms with van der Waals surface area (Å²) in [5.41, 5.74) is 12.2. The molecule has 0 saturated heterocycles. The predicted octanol–water partition coefficient (Wildman–Crippen LogP) is 0.729. The van der Waals surface area contributed by atoms with Gasteiger partial charge in [-0.1, -0.05) is 26.0 Å². The molecule has 0 spiro atoms. The van der Waals surface area contributed by atoms with E-state index in [1.54, 1.807) is 12.1 Å². The zero-order chi connectivity index (χ0) is 14.4. The molecule has 0 saturated carbocycles. The molecule has 5 nitrogen and oxygen atoms in total. The summed E-state index contributed by atoms with van der Waals surface area (Å²) in [4.78, 5) is 24.8. The summed E-state index contributed by atoms with van der Waals surface area (Å²) in [5, 5.41) is 0. The van der Waals surface area contributed by atoms with Crippen molar-refractivity contribution in [1.82, 2.24) is 4.90 Å². The molecule has 0 unspecified atom stereocenters. The van der Waals surface area contributed by atoms with Crippen molar-refractivity contribution in [2.75, 3.05) is 13.1 Å². The first kappa shape index (κ1) is 15.2. The summed E-state index contributed by atoms with van der Waals surface area (Å²) < 4.78 is 0. The Labute approximate surface area is 113 Å². The van der Waals surface area contributed by atoms with Crippen molar-refractivity contribution in [2.24, 2.45) is 17.4 Å². The first-order valence-corrected chi connectivity index (χ1v) is 6.30. The van der Waals surface area contributed by atoms with Gasteiger partial charge in [0.15, 0.2) is 0 Å². The lowest BCUT2D eigenvalue weighted by molar-refractivity contribution is -0.118. The van der Waals surface area contributed by atoms with Crippen LogP contribution in [-0.4, -0.2) is 29.8 Å². The molecular formula is C14H21N3O2. The van der Waals surface area contributed by atoms with Crippen LogP contribution in [0.15, 0.2) is 24.3 Å². The van der Waals surface area contributed by atoms with E-state index < -0.39 is 5.91 Å². The number of amides is 2. The lowest BCUT2D eigenvalue weighted by atomic mass is 10.1. The summed E-state index contributed by atoms with van der Waals surface area (Å²) in [6.07, 6.45) is 0. The second kappa shape index (κ2) is 6.89. The molecule has 0 bridgehead atoms. The van der Waals surface area contributed by atoms with Crippen LogP contribution in [0.25, 0.3) is 0 Å². The molecule has 2 amide bonds. The molecule has 0 aliphatic heterocycles. The second-order valence-corrected chi connectivity index (χ2v) is 4.95. The lowest BCUT2D eigenvalue weighted by Gasteiger charge is -2.23. The van der Waals surface area contributed by atoms with E-state index in [4.69, 9.17) is 11.5 Å². The molecular weight excluding hydrogens is 242 g/mol. The topological polar surface area (TPSA) is 89.4 Å². The molecule has 1 aromatic rings. The molecule has 0 atom stereocenters. The average molecular weight is 263 g/mol. The van der Waals surface area contributed by atoms with Crippen molar-refractivity contribution in [3.05, 3.63) is 35.4 Å². The van der Waals surface area contributed by atoms with E-state index in [0.717, 1.165) is 5.56 Å². The molecule has 0 aliphatic rings. The number of primary amides is 1. The summed E-state index contributed by atoms with van der Waals surface area (Å²) in [7, 11) is 0. The van der Waals surface area contributed by atoms with Crippen LogP contribution in [0.2, 0.25) is 0 Å². The summed E-state index contributed by atoms with van der Waals surface area (Å²) >= 11 is 0. The molecule has 0 aromatic heterocycles. The van der Waals surface area contributed by atoms with Crippen molar-refractivity contribution < 1.29 is 9.59 Å². The Balaban J connectivity index is 2.87. The zero-order valence-corrected chi connectivity index (χ0v) is 11.4. The van der Waals surface area contributed by atoms with Crippen molar-refractivity contribution in [3.8, 4) is 0 Å². The monoisotopic (exact) mass is 263 g/mol. The van der Waals surface area contributed by atoms with Crippen LogP contribution >= 0.6 is 0 Å². The molecule has 4 N–H and O–H groups in total. The minimum absolute atomic E-state index is 0.0599. The zero-order valence-electron chi connectivity index (χ0n) is 11.4. The number of hydrogen-bond donors (Lipinski definition) is 2. The summed E-state index contributed by atoms with van der Waals surface area (Å²) in [5.74, 6) is -0.421. The van der Waals surface area contributed by atoms with Gasteiger partial charge >= 0.3 is 0 Å². The minimum Gasteiger partial charge on any atom is -0.368 e. The number of hydrogen-bond acceptors (Lipinski definition) is 3. The highest BCUT2D eigenvalue weighted by molar-refractivity contribution is 5.96. The van der Waals surface area contributed by atoms with Gasteiger partial charge in [0, 0.05) is 18.7 Å². The van der Waals surface area contributed by atoms with Gasteiger partial charge in [-0.25, -0.2) is 0 Å². The molecule has 104 valence electrons. The fraction of sp³-hybridized carbons (Fsp3) is 0.429.